The van der Waals surface area contributed by atoms with Gasteiger partial charge in [0, 0.05) is 10.9 Å². The van der Waals surface area contributed by atoms with E-state index >= 15 is 0 Å². The average Bonchev–Trinajstić information content (AvgIpc) is 2.80. The first-order valence-corrected chi connectivity index (χ1v) is 8.24. The van der Waals surface area contributed by atoms with E-state index in [1.54, 1.807) is 6.92 Å². The third-order valence-corrected chi connectivity index (χ3v) is 5.89. The average molecular weight is 331 g/mol. The van der Waals surface area contributed by atoms with E-state index in [1.165, 1.54) is 25.3 Å². The van der Waals surface area contributed by atoms with Gasteiger partial charge in [-0.3, -0.25) is 4.72 Å². The molecule has 1 aromatic carbocycles. The minimum absolute atomic E-state index is 0.0347. The highest BCUT2D eigenvalue weighted by Crippen LogP contribution is 2.28. The summed E-state index contributed by atoms with van der Waals surface area (Å²) >= 11 is 0.979. The van der Waals surface area contributed by atoms with Crippen LogP contribution >= 0.6 is 11.3 Å². The Morgan fingerprint density at radius 1 is 1.38 bits per heavy atom. The number of hydrogen-bond donors (Lipinski definition) is 2. The van der Waals surface area contributed by atoms with E-state index in [0.717, 1.165) is 17.4 Å². The Hall–Kier alpha value is -1.64. The second-order valence-electron chi connectivity index (χ2n) is 4.28. The van der Waals surface area contributed by atoms with Gasteiger partial charge in [-0.1, -0.05) is 0 Å². The highest BCUT2D eigenvalue weighted by atomic mass is 32.2. The number of aliphatic hydroxyl groups excluding tert-OH is 1. The van der Waals surface area contributed by atoms with Crippen molar-refractivity contribution in [1.29, 1.82) is 0 Å². The standard InChI is InChI=1S/C13H14FNO4S2/c1-8-5-13(20-12(8)7-16)21(17,18)15-9-3-4-11(19-2)10(14)6-9/h3-6,15-16H,7H2,1-2H3. The van der Waals surface area contributed by atoms with Crippen molar-refractivity contribution in [3.05, 3.63) is 40.5 Å². The number of aliphatic hydroxyl groups is 1. The molecule has 1 aromatic heterocycles. The minimum atomic E-state index is -3.81. The number of halogens is 1. The fourth-order valence-corrected chi connectivity index (χ4v) is 4.21. The highest BCUT2D eigenvalue weighted by molar-refractivity contribution is 7.94. The number of ether oxygens (including phenoxy) is 1. The molecule has 1 heterocycles. The van der Waals surface area contributed by atoms with Crippen LogP contribution in [0.25, 0.3) is 0 Å². The Bertz CT molecular complexity index is 756. The van der Waals surface area contributed by atoms with E-state index in [0.29, 0.717) is 10.4 Å². The second-order valence-corrected chi connectivity index (χ2v) is 7.33. The number of methoxy groups -OCH3 is 1. The lowest BCUT2D eigenvalue weighted by Crippen LogP contribution is -2.11. The highest BCUT2D eigenvalue weighted by Gasteiger charge is 2.19. The van der Waals surface area contributed by atoms with Crippen molar-refractivity contribution in [2.24, 2.45) is 0 Å². The predicted molar refractivity (Wildman–Crippen MR) is 78.7 cm³/mol. The quantitative estimate of drug-likeness (QED) is 0.883. The van der Waals surface area contributed by atoms with Crippen LogP contribution in [0.2, 0.25) is 0 Å². The SMILES string of the molecule is COc1ccc(NS(=O)(=O)c2cc(C)c(CO)s2)cc1F. The van der Waals surface area contributed by atoms with Gasteiger partial charge in [0.25, 0.3) is 10.0 Å². The third kappa shape index (κ3) is 3.34. The van der Waals surface area contributed by atoms with Crippen molar-refractivity contribution in [3.63, 3.8) is 0 Å². The molecule has 0 atom stereocenters. The van der Waals surface area contributed by atoms with Crippen LogP contribution in [0.3, 0.4) is 0 Å². The van der Waals surface area contributed by atoms with Crippen molar-refractivity contribution in [3.8, 4) is 5.75 Å². The smallest absolute Gasteiger partial charge is 0.271 e. The summed E-state index contributed by atoms with van der Waals surface area (Å²) in [5, 5.41) is 9.11. The van der Waals surface area contributed by atoms with Gasteiger partial charge in [0.2, 0.25) is 0 Å². The van der Waals surface area contributed by atoms with Gasteiger partial charge < -0.3 is 9.84 Å². The Morgan fingerprint density at radius 2 is 2.10 bits per heavy atom. The fourth-order valence-electron chi connectivity index (χ4n) is 1.71. The van der Waals surface area contributed by atoms with Crippen LogP contribution in [0.4, 0.5) is 10.1 Å². The maximum absolute atomic E-state index is 13.6. The largest absolute Gasteiger partial charge is 0.494 e. The number of rotatable bonds is 5. The third-order valence-electron chi connectivity index (χ3n) is 2.81. The Balaban J connectivity index is 2.30. The van der Waals surface area contributed by atoms with E-state index < -0.39 is 15.8 Å². The van der Waals surface area contributed by atoms with Crippen molar-refractivity contribution in [2.75, 3.05) is 11.8 Å². The molecule has 0 fully saturated rings. The van der Waals surface area contributed by atoms with Gasteiger partial charge in [0.05, 0.1) is 19.4 Å². The molecule has 0 unspecified atom stereocenters. The first-order valence-electron chi connectivity index (χ1n) is 5.94. The maximum atomic E-state index is 13.6. The van der Waals surface area contributed by atoms with E-state index in [-0.39, 0.29) is 22.3 Å². The lowest BCUT2D eigenvalue weighted by atomic mass is 10.3. The monoisotopic (exact) mass is 331 g/mol. The molecular formula is C13H14FNO4S2. The van der Waals surface area contributed by atoms with Crippen LogP contribution in [0.5, 0.6) is 5.75 Å². The van der Waals surface area contributed by atoms with Crippen LogP contribution < -0.4 is 9.46 Å². The van der Waals surface area contributed by atoms with Crippen molar-refractivity contribution >= 4 is 27.0 Å². The first kappa shape index (κ1) is 15.7. The summed E-state index contributed by atoms with van der Waals surface area (Å²) in [7, 11) is -2.49. The number of aryl methyl sites for hydroxylation is 1. The van der Waals surface area contributed by atoms with Crippen molar-refractivity contribution in [1.82, 2.24) is 0 Å². The number of anilines is 1. The van der Waals surface area contributed by atoms with Crippen molar-refractivity contribution in [2.45, 2.75) is 17.7 Å². The predicted octanol–water partition coefficient (Wildman–Crippen LogP) is 2.50. The fraction of sp³-hybridized carbons (Fsp3) is 0.231. The molecule has 0 amide bonds. The molecule has 0 aliphatic carbocycles. The molecular weight excluding hydrogens is 317 g/mol. The number of benzene rings is 1. The van der Waals surface area contributed by atoms with Crippen LogP contribution in [-0.2, 0) is 16.6 Å². The summed E-state index contributed by atoms with van der Waals surface area (Å²) < 4.78 is 45.1. The normalized spacial score (nSPS) is 11.4. The molecule has 0 saturated carbocycles. The lowest BCUT2D eigenvalue weighted by molar-refractivity contribution is 0.285. The zero-order valence-corrected chi connectivity index (χ0v) is 13.0. The van der Waals surface area contributed by atoms with E-state index in [1.807, 2.05) is 0 Å². The molecule has 8 heteroatoms. The molecule has 0 spiro atoms. The van der Waals surface area contributed by atoms with E-state index in [2.05, 4.69) is 4.72 Å². The van der Waals surface area contributed by atoms with Crippen LogP contribution in [-0.4, -0.2) is 20.6 Å². The second kappa shape index (κ2) is 6.00. The van der Waals surface area contributed by atoms with Gasteiger partial charge in [-0.25, -0.2) is 12.8 Å². The molecule has 114 valence electrons. The van der Waals surface area contributed by atoms with Gasteiger partial charge in [-0.05, 0) is 30.7 Å². The van der Waals surface area contributed by atoms with Gasteiger partial charge in [-0.2, -0.15) is 0 Å². The molecule has 2 N–H and O–H groups in total. The summed E-state index contributed by atoms with van der Waals surface area (Å²) in [5.74, 6) is -0.622. The Kier molecular flexibility index (Phi) is 4.50. The van der Waals surface area contributed by atoms with Crippen molar-refractivity contribution < 1.29 is 22.7 Å². The molecule has 0 aliphatic rings. The molecule has 2 rings (SSSR count). The number of hydrogen-bond acceptors (Lipinski definition) is 5. The molecule has 0 radical (unpaired) electrons. The van der Waals surface area contributed by atoms with Gasteiger partial charge in [-0.15, -0.1) is 11.3 Å². The number of nitrogens with one attached hydrogen (secondary N) is 1. The molecule has 5 nitrogen and oxygen atoms in total. The molecule has 2 aromatic rings. The van der Waals surface area contributed by atoms with E-state index in [9.17, 15) is 12.8 Å². The van der Waals surface area contributed by atoms with Gasteiger partial charge in [0.15, 0.2) is 11.6 Å². The van der Waals surface area contributed by atoms with E-state index in [4.69, 9.17) is 9.84 Å². The first-order chi connectivity index (χ1) is 9.87. The van der Waals surface area contributed by atoms with Gasteiger partial charge >= 0.3 is 0 Å². The molecule has 0 bridgehead atoms. The van der Waals surface area contributed by atoms with Crippen LogP contribution in [0.1, 0.15) is 10.4 Å². The summed E-state index contributed by atoms with van der Waals surface area (Å²) in [5.41, 5.74) is 0.800. The van der Waals surface area contributed by atoms with Crippen LogP contribution in [0.15, 0.2) is 28.5 Å². The zero-order chi connectivity index (χ0) is 15.6. The van der Waals surface area contributed by atoms with Gasteiger partial charge in [0.1, 0.15) is 4.21 Å². The maximum Gasteiger partial charge on any atom is 0.271 e. The summed E-state index contributed by atoms with van der Waals surface area (Å²) in [6.07, 6.45) is 0. The minimum Gasteiger partial charge on any atom is -0.494 e. The lowest BCUT2D eigenvalue weighted by Gasteiger charge is -2.08. The molecule has 21 heavy (non-hydrogen) atoms. The van der Waals surface area contributed by atoms with Crippen LogP contribution in [0, 0.1) is 12.7 Å². The Morgan fingerprint density at radius 3 is 2.62 bits per heavy atom. The topological polar surface area (TPSA) is 75.6 Å². The summed E-state index contributed by atoms with van der Waals surface area (Å²) in [6.45, 7) is 1.50. The molecule has 0 saturated heterocycles. The molecule has 0 aliphatic heterocycles. The summed E-state index contributed by atoms with van der Waals surface area (Å²) in [4.78, 5) is 0.580. The zero-order valence-electron chi connectivity index (χ0n) is 11.4. The number of thiophene rings is 1. The number of sulfonamides is 1. The summed E-state index contributed by atoms with van der Waals surface area (Å²) in [6, 6.07) is 5.27. The Labute approximate surface area is 126 Å².